The molecule has 2 atom stereocenters. The van der Waals surface area contributed by atoms with Gasteiger partial charge in [-0.2, -0.15) is 0 Å². The van der Waals surface area contributed by atoms with Crippen molar-refractivity contribution in [2.24, 2.45) is 5.92 Å². The highest BCUT2D eigenvalue weighted by Gasteiger charge is 2.29. The third-order valence-corrected chi connectivity index (χ3v) is 4.93. The highest BCUT2D eigenvalue weighted by molar-refractivity contribution is 5.81. The molecule has 1 heterocycles. The zero-order valence-corrected chi connectivity index (χ0v) is 12.3. The highest BCUT2D eigenvalue weighted by atomic mass is 16.1. The molecule has 1 saturated carbocycles. The van der Waals surface area contributed by atoms with Gasteiger partial charge in [0, 0.05) is 24.9 Å². The number of nitrogens with zero attached hydrogens (tertiary/aromatic N) is 1. The zero-order valence-electron chi connectivity index (χ0n) is 12.3. The molecule has 1 aromatic carbocycles. The van der Waals surface area contributed by atoms with E-state index >= 15 is 0 Å². The van der Waals surface area contributed by atoms with E-state index in [2.05, 4.69) is 35.2 Å². The van der Waals surface area contributed by atoms with Crippen molar-refractivity contribution in [2.75, 3.05) is 13.1 Å². The molecule has 2 nitrogen and oxygen atoms in total. The molecule has 2 fully saturated rings. The summed E-state index contributed by atoms with van der Waals surface area (Å²) in [5, 5.41) is 0. The number of ketones is 1. The maximum Gasteiger partial charge on any atom is 0.137 e. The summed E-state index contributed by atoms with van der Waals surface area (Å²) in [5.41, 5.74) is 1.43. The summed E-state index contributed by atoms with van der Waals surface area (Å²) >= 11 is 0. The first kappa shape index (κ1) is 13.8. The molecule has 20 heavy (non-hydrogen) atoms. The summed E-state index contributed by atoms with van der Waals surface area (Å²) in [5.74, 6) is 0.807. The Balaban J connectivity index is 1.70. The molecule has 0 bridgehead atoms. The van der Waals surface area contributed by atoms with Crippen LogP contribution >= 0.6 is 0 Å². The fourth-order valence-corrected chi connectivity index (χ4v) is 3.79. The summed E-state index contributed by atoms with van der Waals surface area (Å²) in [6.45, 7) is 2.14. The molecule has 108 valence electrons. The van der Waals surface area contributed by atoms with Gasteiger partial charge in [-0.3, -0.25) is 9.69 Å². The van der Waals surface area contributed by atoms with Gasteiger partial charge in [0.15, 0.2) is 0 Å². The number of likely N-dealkylation sites (tertiary alicyclic amines) is 1. The number of benzene rings is 1. The van der Waals surface area contributed by atoms with E-state index in [1.807, 2.05) is 0 Å². The lowest BCUT2D eigenvalue weighted by molar-refractivity contribution is -0.125. The molecule has 1 aliphatic carbocycles. The van der Waals surface area contributed by atoms with Crippen LogP contribution in [0.1, 0.15) is 56.6 Å². The first-order valence-electron chi connectivity index (χ1n) is 8.16. The van der Waals surface area contributed by atoms with Gasteiger partial charge in [-0.25, -0.2) is 0 Å². The minimum absolute atomic E-state index is 0.299. The molecule has 0 radical (unpaired) electrons. The summed E-state index contributed by atoms with van der Waals surface area (Å²) < 4.78 is 0. The smallest absolute Gasteiger partial charge is 0.137 e. The molecule has 0 amide bonds. The largest absolute Gasteiger partial charge is 0.299 e. The Morgan fingerprint density at radius 3 is 2.60 bits per heavy atom. The van der Waals surface area contributed by atoms with Gasteiger partial charge in [0.25, 0.3) is 0 Å². The van der Waals surface area contributed by atoms with Gasteiger partial charge in [0.1, 0.15) is 5.78 Å². The Kier molecular flexibility index (Phi) is 4.51. The normalized spacial score (nSPS) is 28.5. The molecule has 2 aliphatic rings. The van der Waals surface area contributed by atoms with Crippen LogP contribution in [0.3, 0.4) is 0 Å². The Bertz CT molecular complexity index is 442. The summed E-state index contributed by atoms with van der Waals surface area (Å²) in [4.78, 5) is 14.7. The van der Waals surface area contributed by atoms with Crippen LogP contribution in [0.5, 0.6) is 0 Å². The lowest BCUT2D eigenvalue weighted by atomic mass is 9.86. The van der Waals surface area contributed by atoms with Gasteiger partial charge in [-0.15, -0.1) is 0 Å². The summed E-state index contributed by atoms with van der Waals surface area (Å²) in [7, 11) is 0. The van der Waals surface area contributed by atoms with Gasteiger partial charge in [0.2, 0.25) is 0 Å². The predicted molar refractivity (Wildman–Crippen MR) is 81.6 cm³/mol. The zero-order chi connectivity index (χ0) is 13.8. The van der Waals surface area contributed by atoms with Crippen LogP contribution in [0, 0.1) is 5.92 Å². The highest BCUT2D eigenvalue weighted by Crippen LogP contribution is 2.33. The van der Waals surface area contributed by atoms with Crippen LogP contribution in [-0.4, -0.2) is 23.8 Å². The van der Waals surface area contributed by atoms with E-state index in [1.54, 1.807) is 0 Å². The van der Waals surface area contributed by atoms with Crippen molar-refractivity contribution in [3.63, 3.8) is 0 Å². The van der Waals surface area contributed by atoms with Gasteiger partial charge < -0.3 is 0 Å². The first-order valence-corrected chi connectivity index (χ1v) is 8.16. The molecule has 3 rings (SSSR count). The fraction of sp³-hybridized carbons (Fsp3) is 0.611. The van der Waals surface area contributed by atoms with Gasteiger partial charge in [-0.05, 0) is 37.8 Å². The lowest BCUT2D eigenvalue weighted by Gasteiger charge is -2.38. The van der Waals surface area contributed by atoms with Crippen LogP contribution in [0.2, 0.25) is 0 Å². The molecule has 0 aromatic heterocycles. The number of piperidine rings is 1. The third kappa shape index (κ3) is 3.12. The standard InChI is InChI=1S/C18H25NO/c20-18-12-5-4-10-16(18)14-19-13-7-6-11-17(19)15-8-2-1-3-9-15/h1-3,8-9,16-17H,4-7,10-14H2. The minimum atomic E-state index is 0.299. The molecule has 0 N–H and O–H groups in total. The predicted octanol–water partition coefficient (Wildman–Crippen LogP) is 3.97. The van der Waals surface area contributed by atoms with E-state index in [0.717, 1.165) is 32.4 Å². The van der Waals surface area contributed by atoms with Crippen LogP contribution in [0.4, 0.5) is 0 Å². The summed E-state index contributed by atoms with van der Waals surface area (Å²) in [6, 6.07) is 11.4. The van der Waals surface area contributed by atoms with E-state index in [9.17, 15) is 4.79 Å². The molecular weight excluding hydrogens is 246 g/mol. The third-order valence-electron chi connectivity index (χ3n) is 4.93. The van der Waals surface area contributed by atoms with Gasteiger partial charge >= 0.3 is 0 Å². The monoisotopic (exact) mass is 271 g/mol. The molecule has 1 saturated heterocycles. The number of Topliss-reactive ketones (excluding diaryl/α,β-unsaturated/α-hetero) is 1. The van der Waals surface area contributed by atoms with E-state index in [4.69, 9.17) is 0 Å². The number of carbonyl (C=O) groups excluding carboxylic acids is 1. The Labute approximate surface area is 122 Å². The number of hydrogen-bond acceptors (Lipinski definition) is 2. The van der Waals surface area contributed by atoms with Crippen molar-refractivity contribution in [1.82, 2.24) is 4.90 Å². The quantitative estimate of drug-likeness (QED) is 0.829. The van der Waals surface area contributed by atoms with Crippen molar-refractivity contribution in [3.8, 4) is 0 Å². The first-order chi connectivity index (χ1) is 9.84. The van der Waals surface area contributed by atoms with Crippen molar-refractivity contribution in [2.45, 2.75) is 51.0 Å². The van der Waals surface area contributed by atoms with Crippen LogP contribution in [0.25, 0.3) is 0 Å². The Hall–Kier alpha value is -1.15. The van der Waals surface area contributed by atoms with E-state index in [0.29, 0.717) is 17.7 Å². The molecule has 1 aromatic rings. The topological polar surface area (TPSA) is 20.3 Å². The minimum Gasteiger partial charge on any atom is -0.299 e. The maximum atomic E-state index is 12.1. The van der Waals surface area contributed by atoms with Crippen molar-refractivity contribution in [3.05, 3.63) is 35.9 Å². The van der Waals surface area contributed by atoms with Gasteiger partial charge in [0.05, 0.1) is 0 Å². The Morgan fingerprint density at radius 1 is 1.00 bits per heavy atom. The molecule has 0 spiro atoms. The van der Waals surface area contributed by atoms with Crippen LogP contribution in [0.15, 0.2) is 30.3 Å². The second-order valence-electron chi connectivity index (χ2n) is 6.33. The second-order valence-corrected chi connectivity index (χ2v) is 6.33. The maximum absolute atomic E-state index is 12.1. The van der Waals surface area contributed by atoms with Crippen molar-refractivity contribution < 1.29 is 4.79 Å². The second kappa shape index (κ2) is 6.53. The number of carbonyl (C=O) groups is 1. The molecule has 2 heteroatoms. The molecular formula is C18H25NO. The van der Waals surface area contributed by atoms with Crippen LogP contribution in [-0.2, 0) is 4.79 Å². The van der Waals surface area contributed by atoms with E-state index in [-0.39, 0.29) is 0 Å². The average molecular weight is 271 g/mol. The number of rotatable bonds is 3. The SMILES string of the molecule is O=C1CCCCC1CN1CCCCC1c1ccccc1. The fourth-order valence-electron chi connectivity index (χ4n) is 3.79. The molecule has 2 unspecified atom stereocenters. The summed E-state index contributed by atoms with van der Waals surface area (Å²) in [6.07, 6.45) is 8.10. The molecule has 1 aliphatic heterocycles. The van der Waals surface area contributed by atoms with Gasteiger partial charge in [-0.1, -0.05) is 43.2 Å². The van der Waals surface area contributed by atoms with Crippen molar-refractivity contribution >= 4 is 5.78 Å². The van der Waals surface area contributed by atoms with E-state index < -0.39 is 0 Å². The van der Waals surface area contributed by atoms with E-state index in [1.165, 1.54) is 31.2 Å². The van der Waals surface area contributed by atoms with Crippen LogP contribution < -0.4 is 0 Å². The Morgan fingerprint density at radius 2 is 1.80 bits per heavy atom. The average Bonchev–Trinajstić information content (AvgIpc) is 2.51. The lowest BCUT2D eigenvalue weighted by Crippen LogP contribution is -2.39. The number of hydrogen-bond donors (Lipinski definition) is 0. The van der Waals surface area contributed by atoms with Crippen molar-refractivity contribution in [1.29, 1.82) is 0 Å².